The van der Waals surface area contributed by atoms with Crippen LogP contribution in [-0.2, 0) is 11.2 Å². The summed E-state index contributed by atoms with van der Waals surface area (Å²) in [5, 5.41) is 12.9. The van der Waals surface area contributed by atoms with Crippen molar-refractivity contribution in [2.45, 2.75) is 25.9 Å². The van der Waals surface area contributed by atoms with Crippen molar-refractivity contribution in [3.8, 4) is 0 Å². The van der Waals surface area contributed by atoms with Gasteiger partial charge in [0.2, 0.25) is 5.91 Å². The summed E-state index contributed by atoms with van der Waals surface area (Å²) >= 11 is 0. The lowest BCUT2D eigenvalue weighted by molar-refractivity contribution is -0.116. The van der Waals surface area contributed by atoms with Gasteiger partial charge in [-0.3, -0.25) is 4.79 Å². The molecule has 0 bridgehead atoms. The molecule has 0 saturated heterocycles. The highest BCUT2D eigenvalue weighted by molar-refractivity contribution is 5.93. The van der Waals surface area contributed by atoms with E-state index in [4.69, 9.17) is 4.42 Å². The minimum atomic E-state index is -1.15. The molecule has 20 heavy (non-hydrogen) atoms. The summed E-state index contributed by atoms with van der Waals surface area (Å²) in [6.45, 7) is 1.79. The van der Waals surface area contributed by atoms with Gasteiger partial charge in [0.25, 0.3) is 0 Å². The lowest BCUT2D eigenvalue weighted by atomic mass is 9.96. The normalized spacial score (nSPS) is 15.7. The number of benzene rings is 1. The van der Waals surface area contributed by atoms with Crippen molar-refractivity contribution in [1.29, 1.82) is 0 Å². The molecule has 2 heterocycles. The molecule has 2 aromatic rings. The molecule has 1 amide bonds. The van der Waals surface area contributed by atoms with Crippen molar-refractivity contribution in [1.82, 2.24) is 0 Å². The van der Waals surface area contributed by atoms with E-state index in [9.17, 15) is 14.3 Å². The van der Waals surface area contributed by atoms with E-state index in [1.165, 1.54) is 12.3 Å². The SMILES string of the molecule is Cc1ccoc1C(O)c1cc2c(cc1F)NC(=O)CC2. The van der Waals surface area contributed by atoms with Gasteiger partial charge in [-0.15, -0.1) is 0 Å². The molecule has 1 atom stereocenters. The number of hydrogen-bond acceptors (Lipinski definition) is 3. The molecule has 1 aliphatic heterocycles. The highest BCUT2D eigenvalue weighted by atomic mass is 19.1. The van der Waals surface area contributed by atoms with E-state index >= 15 is 0 Å². The van der Waals surface area contributed by atoms with Gasteiger partial charge in [0.15, 0.2) is 0 Å². The molecular formula is C15H14FNO3. The maximum atomic E-state index is 14.1. The summed E-state index contributed by atoms with van der Waals surface area (Å²) in [6, 6.07) is 4.56. The zero-order valence-electron chi connectivity index (χ0n) is 10.9. The molecule has 1 unspecified atom stereocenters. The second-order valence-corrected chi connectivity index (χ2v) is 4.95. The van der Waals surface area contributed by atoms with E-state index in [1.54, 1.807) is 19.1 Å². The lowest BCUT2D eigenvalue weighted by Gasteiger charge is -2.19. The Hall–Kier alpha value is -2.14. The largest absolute Gasteiger partial charge is 0.466 e. The summed E-state index contributed by atoms with van der Waals surface area (Å²) in [5.41, 5.74) is 2.23. The molecule has 0 radical (unpaired) electrons. The van der Waals surface area contributed by atoms with Crippen LogP contribution in [0.15, 0.2) is 28.9 Å². The Labute approximate surface area is 115 Å². The number of rotatable bonds is 2. The smallest absolute Gasteiger partial charge is 0.224 e. The molecule has 3 rings (SSSR count). The second-order valence-electron chi connectivity index (χ2n) is 4.95. The number of carbonyl (C=O) groups is 1. The maximum Gasteiger partial charge on any atom is 0.224 e. The number of aliphatic hydroxyl groups excluding tert-OH is 1. The van der Waals surface area contributed by atoms with Crippen LogP contribution in [0.5, 0.6) is 0 Å². The van der Waals surface area contributed by atoms with Crippen LogP contribution in [0.4, 0.5) is 10.1 Å². The van der Waals surface area contributed by atoms with Crippen LogP contribution in [0.3, 0.4) is 0 Å². The van der Waals surface area contributed by atoms with Crippen LogP contribution in [0.25, 0.3) is 0 Å². The number of anilines is 1. The lowest BCUT2D eigenvalue weighted by Crippen LogP contribution is -2.20. The first-order chi connectivity index (χ1) is 9.56. The molecule has 1 aromatic heterocycles. The summed E-state index contributed by atoms with van der Waals surface area (Å²) in [7, 11) is 0. The number of halogens is 1. The molecule has 104 valence electrons. The van der Waals surface area contributed by atoms with Crippen molar-refractivity contribution in [3.63, 3.8) is 0 Å². The molecule has 1 aromatic carbocycles. The first-order valence-electron chi connectivity index (χ1n) is 6.40. The summed E-state index contributed by atoms with van der Waals surface area (Å²) in [6.07, 6.45) is 1.23. The third-order valence-corrected chi connectivity index (χ3v) is 3.56. The van der Waals surface area contributed by atoms with Crippen LogP contribution in [-0.4, -0.2) is 11.0 Å². The van der Waals surface area contributed by atoms with Gasteiger partial charge in [-0.25, -0.2) is 4.39 Å². The first kappa shape index (κ1) is 12.9. The predicted molar refractivity (Wildman–Crippen MR) is 70.9 cm³/mol. The molecule has 5 heteroatoms. The third-order valence-electron chi connectivity index (χ3n) is 3.56. The van der Waals surface area contributed by atoms with Gasteiger partial charge in [0.05, 0.1) is 6.26 Å². The number of furan rings is 1. The van der Waals surface area contributed by atoms with Crippen molar-refractivity contribution >= 4 is 11.6 Å². The Kier molecular flexibility index (Phi) is 3.06. The molecule has 2 N–H and O–H groups in total. The van der Waals surface area contributed by atoms with E-state index < -0.39 is 11.9 Å². The fourth-order valence-electron chi connectivity index (χ4n) is 2.44. The van der Waals surface area contributed by atoms with Gasteiger partial charge in [-0.1, -0.05) is 0 Å². The summed E-state index contributed by atoms with van der Waals surface area (Å²) in [5.74, 6) is -0.343. The number of hydrogen-bond donors (Lipinski definition) is 2. The van der Waals surface area contributed by atoms with E-state index in [0.717, 1.165) is 11.1 Å². The van der Waals surface area contributed by atoms with Gasteiger partial charge >= 0.3 is 0 Å². The Balaban J connectivity index is 2.02. The molecule has 4 nitrogen and oxygen atoms in total. The van der Waals surface area contributed by atoms with Crippen LogP contribution in [0.1, 0.15) is 35.0 Å². The summed E-state index contributed by atoms with van der Waals surface area (Å²) in [4.78, 5) is 11.3. The highest BCUT2D eigenvalue weighted by Gasteiger charge is 2.24. The Morgan fingerprint density at radius 3 is 2.90 bits per heavy atom. The first-order valence-corrected chi connectivity index (χ1v) is 6.40. The standard InChI is InChI=1S/C15H14FNO3/c1-8-4-5-20-15(8)14(19)10-6-9-2-3-13(18)17-12(9)7-11(10)16/h4-7,14,19H,2-3H2,1H3,(H,17,18). The topological polar surface area (TPSA) is 62.5 Å². The van der Waals surface area contributed by atoms with E-state index in [1.807, 2.05) is 0 Å². The molecule has 0 spiro atoms. The minimum absolute atomic E-state index is 0.118. The van der Waals surface area contributed by atoms with Crippen molar-refractivity contribution < 1.29 is 18.7 Å². The number of fused-ring (bicyclic) bond motifs is 1. The molecule has 1 aliphatic rings. The number of aliphatic hydroxyl groups is 1. The molecule has 0 saturated carbocycles. The average Bonchev–Trinajstić information content (AvgIpc) is 2.83. The molecule has 0 fully saturated rings. The number of amides is 1. The van der Waals surface area contributed by atoms with E-state index in [0.29, 0.717) is 24.3 Å². The zero-order chi connectivity index (χ0) is 14.3. The van der Waals surface area contributed by atoms with Crippen LogP contribution in [0, 0.1) is 12.7 Å². The number of aryl methyl sites for hydroxylation is 2. The average molecular weight is 275 g/mol. The van der Waals surface area contributed by atoms with Gasteiger partial charge < -0.3 is 14.8 Å². The van der Waals surface area contributed by atoms with Gasteiger partial charge in [-0.2, -0.15) is 0 Å². The molecule has 0 aliphatic carbocycles. The van der Waals surface area contributed by atoms with Crippen LogP contribution >= 0.6 is 0 Å². The number of nitrogens with one attached hydrogen (secondary N) is 1. The van der Waals surface area contributed by atoms with E-state index in [2.05, 4.69) is 5.32 Å². The van der Waals surface area contributed by atoms with Gasteiger partial charge in [-0.05, 0) is 42.7 Å². The van der Waals surface area contributed by atoms with E-state index in [-0.39, 0.29) is 11.5 Å². The van der Waals surface area contributed by atoms with Crippen molar-refractivity contribution in [2.75, 3.05) is 5.32 Å². The van der Waals surface area contributed by atoms with Crippen LogP contribution in [0.2, 0.25) is 0 Å². The summed E-state index contributed by atoms with van der Waals surface area (Å²) < 4.78 is 19.3. The van der Waals surface area contributed by atoms with Gasteiger partial charge in [0, 0.05) is 17.7 Å². The van der Waals surface area contributed by atoms with Gasteiger partial charge in [0.1, 0.15) is 17.7 Å². The Morgan fingerprint density at radius 1 is 1.40 bits per heavy atom. The third kappa shape index (κ3) is 2.10. The fraction of sp³-hybridized carbons (Fsp3) is 0.267. The fourth-order valence-corrected chi connectivity index (χ4v) is 2.44. The maximum absolute atomic E-state index is 14.1. The monoisotopic (exact) mass is 275 g/mol. The number of carbonyl (C=O) groups excluding carboxylic acids is 1. The molecular weight excluding hydrogens is 261 g/mol. The minimum Gasteiger partial charge on any atom is -0.466 e. The van der Waals surface area contributed by atoms with Crippen molar-refractivity contribution in [3.05, 3.63) is 52.7 Å². The predicted octanol–water partition coefficient (Wildman–Crippen LogP) is 2.69. The van der Waals surface area contributed by atoms with Crippen molar-refractivity contribution in [2.24, 2.45) is 0 Å². The highest BCUT2D eigenvalue weighted by Crippen LogP contribution is 2.32. The Morgan fingerprint density at radius 2 is 2.20 bits per heavy atom. The van der Waals surface area contributed by atoms with Crippen LogP contribution < -0.4 is 5.32 Å². The second kappa shape index (κ2) is 4.76. The zero-order valence-corrected chi connectivity index (χ0v) is 10.9. The Bertz CT molecular complexity index is 678. The quantitative estimate of drug-likeness (QED) is 0.885.